The molecular formula is C19H23N3O5. The molecule has 1 N–H and O–H groups in total. The van der Waals surface area contributed by atoms with Gasteiger partial charge in [0.1, 0.15) is 18.3 Å². The van der Waals surface area contributed by atoms with Crippen molar-refractivity contribution in [2.75, 3.05) is 14.2 Å². The molecule has 1 amide bonds. The van der Waals surface area contributed by atoms with Crippen molar-refractivity contribution in [3.63, 3.8) is 0 Å². The number of esters is 1. The molecule has 0 unspecified atom stereocenters. The summed E-state index contributed by atoms with van der Waals surface area (Å²) in [5.74, 6) is -0.544. The first kappa shape index (κ1) is 20.2. The topological polar surface area (TPSA) is 99.5 Å². The summed E-state index contributed by atoms with van der Waals surface area (Å²) in [6.07, 6.45) is 0. The smallest absolute Gasteiger partial charge is 0.328 e. The van der Waals surface area contributed by atoms with Crippen LogP contribution in [0.2, 0.25) is 0 Å². The quantitative estimate of drug-likeness (QED) is 0.733. The van der Waals surface area contributed by atoms with E-state index in [4.69, 9.17) is 9.47 Å². The number of amides is 1. The molecule has 1 heterocycles. The van der Waals surface area contributed by atoms with Crippen molar-refractivity contribution in [2.24, 2.45) is 5.92 Å². The highest BCUT2D eigenvalue weighted by atomic mass is 16.5. The van der Waals surface area contributed by atoms with E-state index in [0.717, 1.165) is 10.2 Å². The van der Waals surface area contributed by atoms with E-state index in [0.29, 0.717) is 11.4 Å². The monoisotopic (exact) mass is 373 g/mol. The number of methoxy groups -OCH3 is 2. The Morgan fingerprint density at radius 1 is 1.19 bits per heavy atom. The first-order chi connectivity index (χ1) is 12.8. The highest BCUT2D eigenvalue weighted by molar-refractivity contribution is 5.84. The number of hydrogen-bond acceptors (Lipinski definition) is 6. The zero-order chi connectivity index (χ0) is 20.0. The van der Waals surface area contributed by atoms with E-state index in [2.05, 4.69) is 10.4 Å². The van der Waals surface area contributed by atoms with Gasteiger partial charge in [0.2, 0.25) is 5.91 Å². The van der Waals surface area contributed by atoms with Crippen LogP contribution < -0.4 is 15.6 Å². The van der Waals surface area contributed by atoms with E-state index in [1.54, 1.807) is 39.2 Å². The predicted molar refractivity (Wildman–Crippen MR) is 99.3 cm³/mol. The van der Waals surface area contributed by atoms with Crippen LogP contribution in [0, 0.1) is 5.92 Å². The molecule has 1 aromatic heterocycles. The average Bonchev–Trinajstić information content (AvgIpc) is 2.67. The van der Waals surface area contributed by atoms with Crippen molar-refractivity contribution in [1.29, 1.82) is 0 Å². The number of ether oxygens (including phenoxy) is 2. The molecule has 2 rings (SSSR count). The van der Waals surface area contributed by atoms with Gasteiger partial charge < -0.3 is 14.8 Å². The zero-order valence-electron chi connectivity index (χ0n) is 15.8. The second-order valence-electron chi connectivity index (χ2n) is 6.26. The van der Waals surface area contributed by atoms with Crippen LogP contribution >= 0.6 is 0 Å². The summed E-state index contributed by atoms with van der Waals surface area (Å²) in [5.41, 5.74) is 0.851. The highest BCUT2D eigenvalue weighted by Gasteiger charge is 2.25. The van der Waals surface area contributed by atoms with Crippen molar-refractivity contribution in [1.82, 2.24) is 15.1 Å². The van der Waals surface area contributed by atoms with E-state index in [9.17, 15) is 14.4 Å². The predicted octanol–water partition coefficient (Wildman–Crippen LogP) is 1.23. The number of rotatable bonds is 7. The van der Waals surface area contributed by atoms with Gasteiger partial charge in [-0.15, -0.1) is 0 Å². The van der Waals surface area contributed by atoms with Crippen LogP contribution in [0.3, 0.4) is 0 Å². The van der Waals surface area contributed by atoms with Gasteiger partial charge in [-0.3, -0.25) is 9.59 Å². The molecule has 0 aliphatic heterocycles. The molecule has 2 aromatic rings. The molecule has 1 aromatic carbocycles. The Bertz CT molecular complexity index is 876. The molecule has 8 nitrogen and oxygen atoms in total. The van der Waals surface area contributed by atoms with E-state index in [1.807, 2.05) is 12.1 Å². The van der Waals surface area contributed by atoms with Gasteiger partial charge in [0.05, 0.1) is 19.9 Å². The Hall–Kier alpha value is -3.16. The molecule has 0 saturated heterocycles. The van der Waals surface area contributed by atoms with E-state index < -0.39 is 23.5 Å². The fourth-order valence-electron chi connectivity index (χ4n) is 2.48. The third kappa shape index (κ3) is 5.16. The van der Waals surface area contributed by atoms with E-state index in [1.165, 1.54) is 13.2 Å². The third-order valence-electron chi connectivity index (χ3n) is 3.96. The first-order valence-corrected chi connectivity index (χ1v) is 8.45. The normalized spacial score (nSPS) is 11.7. The lowest BCUT2D eigenvalue weighted by atomic mass is 10.0. The molecule has 144 valence electrons. The largest absolute Gasteiger partial charge is 0.497 e. The van der Waals surface area contributed by atoms with E-state index >= 15 is 0 Å². The molecule has 1 atom stereocenters. The Labute approximate surface area is 157 Å². The van der Waals surface area contributed by atoms with Crippen LogP contribution in [0.5, 0.6) is 5.75 Å². The van der Waals surface area contributed by atoms with Crippen LogP contribution in [-0.2, 0) is 20.9 Å². The molecule has 0 fully saturated rings. The Morgan fingerprint density at radius 3 is 2.56 bits per heavy atom. The van der Waals surface area contributed by atoms with Gasteiger partial charge in [-0.05, 0) is 24.1 Å². The van der Waals surface area contributed by atoms with Crippen molar-refractivity contribution in [3.8, 4) is 17.0 Å². The second kappa shape index (κ2) is 8.98. The molecular weight excluding hydrogens is 350 g/mol. The van der Waals surface area contributed by atoms with Gasteiger partial charge in [0, 0.05) is 11.6 Å². The van der Waals surface area contributed by atoms with Crippen molar-refractivity contribution >= 4 is 11.9 Å². The standard InChI is InChI=1S/C19H23N3O5/c1-12(2)18(19(25)27-4)20-16(23)11-22-17(24)9-8-15(21-22)13-6-5-7-14(10-13)26-3/h5-10,12,18H,11H2,1-4H3,(H,20,23)/t18-/m1/s1. The minimum atomic E-state index is -0.792. The summed E-state index contributed by atoms with van der Waals surface area (Å²) in [7, 11) is 2.82. The summed E-state index contributed by atoms with van der Waals surface area (Å²) >= 11 is 0. The fraction of sp³-hybridized carbons (Fsp3) is 0.368. The fourth-order valence-corrected chi connectivity index (χ4v) is 2.48. The van der Waals surface area contributed by atoms with Gasteiger partial charge in [-0.2, -0.15) is 5.10 Å². The molecule has 0 radical (unpaired) electrons. The van der Waals surface area contributed by atoms with E-state index in [-0.39, 0.29) is 12.5 Å². The van der Waals surface area contributed by atoms with Crippen LogP contribution in [0.4, 0.5) is 0 Å². The molecule has 8 heteroatoms. The van der Waals surface area contributed by atoms with Gasteiger partial charge in [-0.25, -0.2) is 9.48 Å². The van der Waals surface area contributed by atoms with Gasteiger partial charge in [0.15, 0.2) is 0 Å². The maximum absolute atomic E-state index is 12.3. The molecule has 0 aliphatic carbocycles. The SMILES string of the molecule is COC(=O)[C@H](NC(=O)Cn1nc(-c2cccc(OC)c2)ccc1=O)C(C)C. The summed E-state index contributed by atoms with van der Waals surface area (Å²) in [6.45, 7) is 3.27. The number of carbonyl (C=O) groups is 2. The minimum Gasteiger partial charge on any atom is -0.497 e. The summed E-state index contributed by atoms with van der Waals surface area (Å²) < 4.78 is 10.9. The summed E-state index contributed by atoms with van der Waals surface area (Å²) in [5, 5.41) is 6.83. The number of aromatic nitrogens is 2. The van der Waals surface area contributed by atoms with Gasteiger partial charge in [-0.1, -0.05) is 26.0 Å². The molecule has 27 heavy (non-hydrogen) atoms. The Balaban J connectivity index is 2.22. The number of nitrogens with zero attached hydrogens (tertiary/aromatic N) is 2. The number of hydrogen-bond donors (Lipinski definition) is 1. The molecule has 0 aliphatic rings. The lowest BCUT2D eigenvalue weighted by molar-refractivity contribution is -0.146. The Kier molecular flexibility index (Phi) is 6.70. The number of carbonyl (C=O) groups excluding carboxylic acids is 2. The van der Waals surface area contributed by atoms with Crippen molar-refractivity contribution < 1.29 is 19.1 Å². The maximum Gasteiger partial charge on any atom is 0.328 e. The second-order valence-corrected chi connectivity index (χ2v) is 6.26. The minimum absolute atomic E-state index is 0.158. The lowest BCUT2D eigenvalue weighted by Crippen LogP contribution is -2.47. The van der Waals surface area contributed by atoms with Gasteiger partial charge >= 0.3 is 5.97 Å². The van der Waals surface area contributed by atoms with Crippen LogP contribution in [0.1, 0.15) is 13.8 Å². The number of nitrogens with one attached hydrogen (secondary N) is 1. The van der Waals surface area contributed by atoms with Gasteiger partial charge in [0.25, 0.3) is 5.56 Å². The van der Waals surface area contributed by atoms with Crippen molar-refractivity contribution in [2.45, 2.75) is 26.4 Å². The highest BCUT2D eigenvalue weighted by Crippen LogP contribution is 2.21. The lowest BCUT2D eigenvalue weighted by Gasteiger charge is -2.19. The summed E-state index contributed by atoms with van der Waals surface area (Å²) in [4.78, 5) is 36.2. The molecule has 0 spiro atoms. The molecule has 0 saturated carbocycles. The number of benzene rings is 1. The summed E-state index contributed by atoms with van der Waals surface area (Å²) in [6, 6.07) is 9.34. The molecule has 0 bridgehead atoms. The van der Waals surface area contributed by atoms with Crippen molar-refractivity contribution in [3.05, 3.63) is 46.8 Å². The average molecular weight is 373 g/mol. The van der Waals surface area contributed by atoms with Crippen LogP contribution in [-0.4, -0.2) is 41.9 Å². The first-order valence-electron chi connectivity index (χ1n) is 8.45. The van der Waals surface area contributed by atoms with Crippen LogP contribution in [0.15, 0.2) is 41.2 Å². The zero-order valence-corrected chi connectivity index (χ0v) is 15.8. The maximum atomic E-state index is 12.3. The third-order valence-corrected chi connectivity index (χ3v) is 3.96. The van der Waals surface area contributed by atoms with Crippen LogP contribution in [0.25, 0.3) is 11.3 Å². The Morgan fingerprint density at radius 2 is 1.93 bits per heavy atom.